The number of phenols is 1. The van der Waals surface area contributed by atoms with Gasteiger partial charge in [0.1, 0.15) is 11.3 Å². The molecule has 0 unspecified atom stereocenters. The number of likely N-dealkylation sites (N-methyl/N-ethyl adjacent to an activating group) is 1. The van der Waals surface area contributed by atoms with Crippen LogP contribution in [0.1, 0.15) is 21.5 Å². The lowest BCUT2D eigenvalue weighted by molar-refractivity contribution is -0.136. The highest BCUT2D eigenvalue weighted by Crippen LogP contribution is 2.22. The minimum Gasteiger partial charge on any atom is -0.507 e. The molecule has 0 fully saturated rings. The van der Waals surface area contributed by atoms with Crippen LogP contribution in [-0.4, -0.2) is 48.0 Å². The monoisotopic (exact) mass is 404 g/mol. The number of rotatable bonds is 6. The molecule has 148 valence electrons. The van der Waals surface area contributed by atoms with Crippen LogP contribution in [0.4, 0.5) is 5.69 Å². The van der Waals surface area contributed by atoms with Gasteiger partial charge < -0.3 is 20.1 Å². The third kappa shape index (κ3) is 5.72. The number of benzene rings is 2. The maximum absolute atomic E-state index is 12.2. The number of nitrogens with one attached hydrogen (secondary N) is 1. The predicted molar refractivity (Wildman–Crippen MR) is 106 cm³/mol. The fourth-order valence-electron chi connectivity index (χ4n) is 2.35. The zero-order chi connectivity index (χ0) is 20.8. The summed E-state index contributed by atoms with van der Waals surface area (Å²) in [4.78, 5) is 37.4. The molecule has 8 heteroatoms. The number of hydrogen-bond acceptors (Lipinski definition) is 5. The number of carbonyl (C=O) groups excluding carboxylic acids is 3. The Morgan fingerprint density at radius 3 is 2.57 bits per heavy atom. The van der Waals surface area contributed by atoms with Crippen LogP contribution in [0.5, 0.6) is 5.75 Å². The van der Waals surface area contributed by atoms with E-state index in [2.05, 4.69) is 5.32 Å². The molecule has 0 atom stereocenters. The predicted octanol–water partition coefficient (Wildman–Crippen LogP) is 2.92. The molecule has 0 saturated carbocycles. The molecule has 0 aromatic heterocycles. The molecule has 0 radical (unpaired) electrons. The van der Waals surface area contributed by atoms with Gasteiger partial charge in [0.25, 0.3) is 5.91 Å². The highest BCUT2D eigenvalue weighted by atomic mass is 35.5. The van der Waals surface area contributed by atoms with Crippen molar-refractivity contribution in [3.05, 3.63) is 58.1 Å². The van der Waals surface area contributed by atoms with Gasteiger partial charge in [0, 0.05) is 17.8 Å². The van der Waals surface area contributed by atoms with Crippen LogP contribution in [-0.2, 0) is 14.3 Å². The third-order valence-electron chi connectivity index (χ3n) is 3.98. The Kier molecular flexibility index (Phi) is 7.00. The lowest BCUT2D eigenvalue weighted by atomic mass is 10.1. The Labute approximate surface area is 167 Å². The van der Waals surface area contributed by atoms with Crippen LogP contribution in [0.2, 0.25) is 5.02 Å². The van der Waals surface area contributed by atoms with Gasteiger partial charge in [0.15, 0.2) is 6.61 Å². The first kappa shape index (κ1) is 21.2. The van der Waals surface area contributed by atoms with E-state index in [1.807, 2.05) is 32.0 Å². The Morgan fingerprint density at radius 2 is 1.86 bits per heavy atom. The third-order valence-corrected chi connectivity index (χ3v) is 4.21. The number of nitrogens with zero attached hydrogens (tertiary/aromatic N) is 1. The molecule has 2 amide bonds. The summed E-state index contributed by atoms with van der Waals surface area (Å²) in [5, 5.41) is 12.7. The van der Waals surface area contributed by atoms with E-state index in [9.17, 15) is 19.5 Å². The van der Waals surface area contributed by atoms with Gasteiger partial charge in [-0.15, -0.1) is 0 Å². The molecule has 0 aliphatic heterocycles. The highest BCUT2D eigenvalue weighted by Gasteiger charge is 2.18. The number of hydrogen-bond donors (Lipinski definition) is 2. The summed E-state index contributed by atoms with van der Waals surface area (Å²) in [6.45, 7) is 3.01. The Morgan fingerprint density at radius 1 is 1.14 bits per heavy atom. The molecule has 2 aromatic rings. The van der Waals surface area contributed by atoms with Crippen molar-refractivity contribution in [2.45, 2.75) is 13.8 Å². The second-order valence-corrected chi connectivity index (χ2v) is 6.79. The summed E-state index contributed by atoms with van der Waals surface area (Å²) >= 11 is 5.78. The van der Waals surface area contributed by atoms with Crippen molar-refractivity contribution in [3.8, 4) is 5.75 Å². The Hall–Kier alpha value is -3.06. The SMILES string of the molecule is Cc1ccc(C)c(NC(=O)CN(C)C(=O)COC(=O)c2cc(Cl)ccc2O)c1. The zero-order valence-corrected chi connectivity index (χ0v) is 16.5. The summed E-state index contributed by atoms with van der Waals surface area (Å²) < 4.78 is 4.90. The van der Waals surface area contributed by atoms with Crippen molar-refractivity contribution in [2.75, 3.05) is 25.5 Å². The van der Waals surface area contributed by atoms with Crippen molar-refractivity contribution in [3.63, 3.8) is 0 Å². The minimum atomic E-state index is -0.887. The lowest BCUT2D eigenvalue weighted by Gasteiger charge is -2.17. The number of anilines is 1. The van der Waals surface area contributed by atoms with E-state index >= 15 is 0 Å². The van der Waals surface area contributed by atoms with Crippen molar-refractivity contribution in [1.29, 1.82) is 0 Å². The van der Waals surface area contributed by atoms with Gasteiger partial charge in [-0.05, 0) is 49.2 Å². The van der Waals surface area contributed by atoms with E-state index in [0.29, 0.717) is 5.69 Å². The van der Waals surface area contributed by atoms with Crippen molar-refractivity contribution < 1.29 is 24.2 Å². The number of ether oxygens (including phenoxy) is 1. The summed E-state index contributed by atoms with van der Waals surface area (Å²) in [6, 6.07) is 9.59. The van der Waals surface area contributed by atoms with Crippen molar-refractivity contribution in [2.24, 2.45) is 0 Å². The van der Waals surface area contributed by atoms with Crippen molar-refractivity contribution in [1.82, 2.24) is 4.90 Å². The first-order valence-electron chi connectivity index (χ1n) is 8.44. The molecule has 0 spiro atoms. The maximum atomic E-state index is 12.2. The number of amides is 2. The fraction of sp³-hybridized carbons (Fsp3) is 0.250. The second kappa shape index (κ2) is 9.23. The molecule has 0 saturated heterocycles. The van der Waals surface area contributed by atoms with E-state index in [1.54, 1.807) is 0 Å². The van der Waals surface area contributed by atoms with E-state index < -0.39 is 18.5 Å². The maximum Gasteiger partial charge on any atom is 0.342 e. The summed E-state index contributed by atoms with van der Waals surface area (Å²) in [7, 11) is 1.43. The molecule has 0 aliphatic rings. The van der Waals surface area contributed by atoms with Gasteiger partial charge in [-0.25, -0.2) is 4.79 Å². The zero-order valence-electron chi connectivity index (χ0n) is 15.8. The molecule has 0 bridgehead atoms. The van der Waals surface area contributed by atoms with Crippen LogP contribution in [0.15, 0.2) is 36.4 Å². The van der Waals surface area contributed by atoms with E-state index in [4.69, 9.17) is 16.3 Å². The van der Waals surface area contributed by atoms with Gasteiger partial charge >= 0.3 is 5.97 Å². The van der Waals surface area contributed by atoms with Crippen LogP contribution < -0.4 is 5.32 Å². The standard InChI is InChI=1S/C20H21ClN2O5/c1-12-4-5-13(2)16(8-12)22-18(25)10-23(3)19(26)11-28-20(27)15-9-14(21)6-7-17(15)24/h4-9,24H,10-11H2,1-3H3,(H,22,25). The van der Waals surface area contributed by atoms with Gasteiger partial charge in [0.2, 0.25) is 5.91 Å². The van der Waals surface area contributed by atoms with Gasteiger partial charge in [-0.3, -0.25) is 9.59 Å². The van der Waals surface area contributed by atoms with Crippen molar-refractivity contribution >= 4 is 35.1 Å². The summed E-state index contributed by atoms with van der Waals surface area (Å²) in [5.41, 5.74) is 2.44. The average molecular weight is 405 g/mol. The highest BCUT2D eigenvalue weighted by molar-refractivity contribution is 6.31. The van der Waals surface area contributed by atoms with Gasteiger partial charge in [-0.2, -0.15) is 0 Å². The molecule has 2 rings (SSSR count). The van der Waals surface area contributed by atoms with Crippen LogP contribution in [0, 0.1) is 13.8 Å². The van der Waals surface area contributed by atoms with Crippen LogP contribution in [0.25, 0.3) is 0 Å². The number of aryl methyl sites for hydroxylation is 2. The van der Waals surface area contributed by atoms with Crippen LogP contribution >= 0.6 is 11.6 Å². The topological polar surface area (TPSA) is 95.9 Å². The Balaban J connectivity index is 1.88. The molecule has 7 nitrogen and oxygen atoms in total. The summed E-state index contributed by atoms with van der Waals surface area (Å²) in [5.74, 6) is -2.13. The summed E-state index contributed by atoms with van der Waals surface area (Å²) in [6.07, 6.45) is 0. The number of phenolic OH excluding ortho intramolecular Hbond substituents is 1. The van der Waals surface area contributed by atoms with Gasteiger partial charge in [0.05, 0.1) is 6.54 Å². The quantitative estimate of drug-likeness (QED) is 0.721. The number of aromatic hydroxyl groups is 1. The fourth-order valence-corrected chi connectivity index (χ4v) is 2.52. The molecule has 28 heavy (non-hydrogen) atoms. The Bertz CT molecular complexity index is 913. The molecule has 2 N–H and O–H groups in total. The molecular weight excluding hydrogens is 384 g/mol. The molecule has 0 aliphatic carbocycles. The normalized spacial score (nSPS) is 10.3. The smallest absolute Gasteiger partial charge is 0.342 e. The van der Waals surface area contributed by atoms with Crippen LogP contribution in [0.3, 0.4) is 0 Å². The number of esters is 1. The number of halogens is 1. The van der Waals surface area contributed by atoms with E-state index in [1.165, 1.54) is 25.2 Å². The largest absolute Gasteiger partial charge is 0.507 e. The van der Waals surface area contributed by atoms with Gasteiger partial charge in [-0.1, -0.05) is 23.7 Å². The number of carbonyl (C=O) groups is 3. The van der Waals surface area contributed by atoms with E-state index in [-0.39, 0.29) is 28.8 Å². The molecule has 2 aromatic carbocycles. The lowest BCUT2D eigenvalue weighted by Crippen LogP contribution is -2.37. The van der Waals surface area contributed by atoms with E-state index in [0.717, 1.165) is 16.0 Å². The minimum absolute atomic E-state index is 0.143. The first-order valence-corrected chi connectivity index (χ1v) is 8.82. The first-order chi connectivity index (χ1) is 13.2. The molecular formula is C20H21ClN2O5. The molecule has 0 heterocycles. The second-order valence-electron chi connectivity index (χ2n) is 6.35. The average Bonchev–Trinajstić information content (AvgIpc) is 2.64.